The number of ether oxygens (including phenoxy) is 1. The van der Waals surface area contributed by atoms with E-state index >= 15 is 0 Å². The Bertz CT molecular complexity index is 728. The Hall–Kier alpha value is -2.27. The second-order valence-corrected chi connectivity index (χ2v) is 4.99. The van der Waals surface area contributed by atoms with Gasteiger partial charge in [-0.2, -0.15) is 0 Å². The molecule has 0 unspecified atom stereocenters. The summed E-state index contributed by atoms with van der Waals surface area (Å²) in [5.41, 5.74) is 2.43. The molecule has 0 spiro atoms. The zero-order valence-corrected chi connectivity index (χ0v) is 11.5. The molecule has 100 valence electrons. The quantitative estimate of drug-likeness (QED) is 0.729. The zero-order valence-electron chi connectivity index (χ0n) is 10.7. The third-order valence-electron chi connectivity index (χ3n) is 2.86. The highest BCUT2D eigenvalue weighted by Crippen LogP contribution is 2.30. The zero-order chi connectivity index (χ0) is 13.9. The topological polar surface area (TPSA) is 35.0 Å². The SMILES string of the molecule is COc1ccc(-c2csc(-c3cccnc3)n2)cc1F. The Morgan fingerprint density at radius 1 is 1.20 bits per heavy atom. The van der Waals surface area contributed by atoms with Gasteiger partial charge in [0.05, 0.1) is 12.8 Å². The van der Waals surface area contributed by atoms with Crippen LogP contribution in [0.2, 0.25) is 0 Å². The van der Waals surface area contributed by atoms with E-state index in [0.29, 0.717) is 0 Å². The van der Waals surface area contributed by atoms with Crippen LogP contribution >= 0.6 is 11.3 Å². The fourth-order valence-corrected chi connectivity index (χ4v) is 2.67. The number of thiazole rings is 1. The number of methoxy groups -OCH3 is 1. The van der Waals surface area contributed by atoms with Crippen LogP contribution in [0.15, 0.2) is 48.1 Å². The molecule has 3 aromatic rings. The van der Waals surface area contributed by atoms with Crippen LogP contribution in [0.4, 0.5) is 4.39 Å². The van der Waals surface area contributed by atoms with E-state index in [1.165, 1.54) is 24.5 Å². The molecule has 0 bridgehead atoms. The van der Waals surface area contributed by atoms with Crippen molar-refractivity contribution in [1.82, 2.24) is 9.97 Å². The number of nitrogens with zero attached hydrogens (tertiary/aromatic N) is 2. The molecule has 0 amide bonds. The first kappa shape index (κ1) is 12.7. The van der Waals surface area contributed by atoms with E-state index in [-0.39, 0.29) is 11.6 Å². The molecule has 3 nitrogen and oxygen atoms in total. The fourth-order valence-electron chi connectivity index (χ4n) is 1.85. The van der Waals surface area contributed by atoms with Crippen LogP contribution < -0.4 is 4.74 Å². The highest BCUT2D eigenvalue weighted by molar-refractivity contribution is 7.13. The number of hydrogen-bond acceptors (Lipinski definition) is 4. The van der Waals surface area contributed by atoms with Crippen molar-refractivity contribution in [3.05, 3.63) is 53.9 Å². The molecular weight excluding hydrogens is 275 g/mol. The van der Waals surface area contributed by atoms with Crippen molar-refractivity contribution < 1.29 is 9.13 Å². The summed E-state index contributed by atoms with van der Waals surface area (Å²) in [6.07, 6.45) is 3.48. The Morgan fingerprint density at radius 3 is 2.80 bits per heavy atom. The van der Waals surface area contributed by atoms with Crippen LogP contribution in [0, 0.1) is 5.82 Å². The van der Waals surface area contributed by atoms with E-state index in [2.05, 4.69) is 9.97 Å². The Labute approximate surface area is 119 Å². The van der Waals surface area contributed by atoms with Crippen LogP contribution in [-0.4, -0.2) is 17.1 Å². The van der Waals surface area contributed by atoms with Gasteiger partial charge in [0.15, 0.2) is 11.6 Å². The standard InChI is InChI=1S/C15H11FN2OS/c1-19-14-5-4-10(7-12(14)16)13-9-20-15(18-13)11-3-2-6-17-8-11/h2-9H,1H3. The summed E-state index contributed by atoms with van der Waals surface area (Å²) in [5, 5.41) is 2.77. The van der Waals surface area contributed by atoms with Crippen molar-refractivity contribution in [2.24, 2.45) is 0 Å². The Kier molecular flexibility index (Phi) is 3.43. The minimum Gasteiger partial charge on any atom is -0.494 e. The van der Waals surface area contributed by atoms with E-state index in [9.17, 15) is 4.39 Å². The van der Waals surface area contributed by atoms with Gasteiger partial charge in [-0.15, -0.1) is 11.3 Å². The summed E-state index contributed by atoms with van der Waals surface area (Å²) < 4.78 is 18.6. The smallest absolute Gasteiger partial charge is 0.165 e. The lowest BCUT2D eigenvalue weighted by atomic mass is 10.1. The van der Waals surface area contributed by atoms with Gasteiger partial charge in [-0.3, -0.25) is 4.98 Å². The maximum Gasteiger partial charge on any atom is 0.165 e. The van der Waals surface area contributed by atoms with Crippen molar-refractivity contribution in [3.8, 4) is 27.6 Å². The Balaban J connectivity index is 1.96. The second-order valence-electron chi connectivity index (χ2n) is 4.13. The predicted octanol–water partition coefficient (Wildman–Crippen LogP) is 4.02. The van der Waals surface area contributed by atoms with E-state index in [1.54, 1.807) is 24.5 Å². The maximum atomic E-state index is 13.7. The number of aromatic nitrogens is 2. The largest absolute Gasteiger partial charge is 0.494 e. The fraction of sp³-hybridized carbons (Fsp3) is 0.0667. The molecule has 2 aromatic heterocycles. The molecular formula is C15H11FN2OS. The first-order valence-corrected chi connectivity index (χ1v) is 6.86. The van der Waals surface area contributed by atoms with Gasteiger partial charge in [-0.05, 0) is 30.3 Å². The lowest BCUT2D eigenvalue weighted by Crippen LogP contribution is -1.88. The van der Waals surface area contributed by atoms with Gasteiger partial charge < -0.3 is 4.74 Å². The van der Waals surface area contributed by atoms with Gasteiger partial charge in [0.2, 0.25) is 0 Å². The van der Waals surface area contributed by atoms with E-state index in [4.69, 9.17) is 4.74 Å². The number of hydrogen-bond donors (Lipinski definition) is 0. The van der Waals surface area contributed by atoms with Gasteiger partial charge in [-0.25, -0.2) is 9.37 Å². The van der Waals surface area contributed by atoms with Gasteiger partial charge in [0.25, 0.3) is 0 Å². The van der Waals surface area contributed by atoms with Crippen molar-refractivity contribution in [2.75, 3.05) is 7.11 Å². The first-order valence-electron chi connectivity index (χ1n) is 5.98. The van der Waals surface area contributed by atoms with Crippen LogP contribution in [-0.2, 0) is 0 Å². The number of benzene rings is 1. The molecule has 2 heterocycles. The highest BCUT2D eigenvalue weighted by Gasteiger charge is 2.09. The van der Waals surface area contributed by atoms with E-state index < -0.39 is 0 Å². The first-order chi connectivity index (χ1) is 9.78. The normalized spacial score (nSPS) is 10.5. The van der Waals surface area contributed by atoms with E-state index in [1.807, 2.05) is 17.5 Å². The third kappa shape index (κ3) is 2.40. The maximum absolute atomic E-state index is 13.7. The Morgan fingerprint density at radius 2 is 2.10 bits per heavy atom. The molecule has 0 fully saturated rings. The van der Waals surface area contributed by atoms with Crippen LogP contribution in [0.25, 0.3) is 21.8 Å². The van der Waals surface area contributed by atoms with Gasteiger partial charge in [0, 0.05) is 28.9 Å². The van der Waals surface area contributed by atoms with Crippen molar-refractivity contribution >= 4 is 11.3 Å². The minimum atomic E-state index is -0.388. The second kappa shape index (κ2) is 5.38. The van der Waals surface area contributed by atoms with Gasteiger partial charge in [0.1, 0.15) is 5.01 Å². The minimum absolute atomic E-state index is 0.233. The summed E-state index contributed by atoms with van der Waals surface area (Å²) in [6.45, 7) is 0. The van der Waals surface area contributed by atoms with Crippen LogP contribution in [0.5, 0.6) is 5.75 Å². The summed E-state index contributed by atoms with van der Waals surface area (Å²) in [4.78, 5) is 8.59. The average Bonchev–Trinajstić information content (AvgIpc) is 2.98. The van der Waals surface area contributed by atoms with Gasteiger partial charge in [-0.1, -0.05) is 0 Å². The molecule has 20 heavy (non-hydrogen) atoms. The van der Waals surface area contributed by atoms with Gasteiger partial charge >= 0.3 is 0 Å². The monoisotopic (exact) mass is 286 g/mol. The lowest BCUT2D eigenvalue weighted by molar-refractivity contribution is 0.386. The lowest BCUT2D eigenvalue weighted by Gasteiger charge is -2.03. The molecule has 0 aliphatic carbocycles. The molecule has 0 aliphatic heterocycles. The number of halogens is 1. The summed E-state index contributed by atoms with van der Waals surface area (Å²) in [5.74, 6) is -0.155. The highest BCUT2D eigenvalue weighted by atomic mass is 32.1. The van der Waals surface area contributed by atoms with Crippen molar-refractivity contribution in [3.63, 3.8) is 0 Å². The molecule has 0 atom stereocenters. The molecule has 1 aromatic carbocycles. The molecule has 0 N–H and O–H groups in total. The summed E-state index contributed by atoms with van der Waals surface area (Å²) in [6, 6.07) is 8.65. The third-order valence-corrected chi connectivity index (χ3v) is 3.75. The van der Waals surface area contributed by atoms with Crippen LogP contribution in [0.1, 0.15) is 0 Å². The number of rotatable bonds is 3. The summed E-state index contributed by atoms with van der Waals surface area (Å²) in [7, 11) is 1.45. The molecule has 0 aliphatic rings. The molecule has 0 saturated heterocycles. The van der Waals surface area contributed by atoms with Crippen LogP contribution in [0.3, 0.4) is 0 Å². The van der Waals surface area contributed by atoms with Crippen molar-refractivity contribution in [2.45, 2.75) is 0 Å². The summed E-state index contributed by atoms with van der Waals surface area (Å²) >= 11 is 1.51. The molecule has 5 heteroatoms. The molecule has 3 rings (SSSR count). The molecule has 0 saturated carbocycles. The number of pyridine rings is 1. The average molecular weight is 286 g/mol. The molecule has 0 radical (unpaired) electrons. The predicted molar refractivity (Wildman–Crippen MR) is 77.3 cm³/mol. The van der Waals surface area contributed by atoms with Crippen molar-refractivity contribution in [1.29, 1.82) is 0 Å². The van der Waals surface area contributed by atoms with E-state index in [0.717, 1.165) is 21.8 Å².